The standard InChI is InChI=1S/C11H12F3N5/c1-6-3-8(16-4-9(6)15)5-19-7(2)17-10(18-19)11(12,13)14/h3-4H,5,15H2,1-2H3. The molecule has 0 unspecified atom stereocenters. The zero-order valence-corrected chi connectivity index (χ0v) is 10.4. The lowest BCUT2D eigenvalue weighted by Gasteiger charge is -2.05. The van der Waals surface area contributed by atoms with E-state index >= 15 is 0 Å². The molecule has 0 saturated heterocycles. The van der Waals surface area contributed by atoms with E-state index in [0.717, 1.165) is 5.56 Å². The van der Waals surface area contributed by atoms with Crippen LogP contribution in [0.2, 0.25) is 0 Å². The number of nitrogens with zero attached hydrogens (tertiary/aromatic N) is 4. The van der Waals surface area contributed by atoms with Crippen molar-refractivity contribution in [3.05, 3.63) is 35.2 Å². The average Bonchev–Trinajstić information content (AvgIpc) is 2.65. The van der Waals surface area contributed by atoms with Gasteiger partial charge in [-0.25, -0.2) is 9.67 Å². The first-order valence-electron chi connectivity index (χ1n) is 5.47. The quantitative estimate of drug-likeness (QED) is 0.906. The minimum absolute atomic E-state index is 0.121. The number of aryl methyl sites for hydroxylation is 2. The second-order valence-electron chi connectivity index (χ2n) is 4.17. The summed E-state index contributed by atoms with van der Waals surface area (Å²) in [6.45, 7) is 3.39. The third kappa shape index (κ3) is 2.83. The Morgan fingerprint density at radius 1 is 1.32 bits per heavy atom. The molecule has 0 radical (unpaired) electrons. The number of alkyl halides is 3. The van der Waals surface area contributed by atoms with Crippen molar-refractivity contribution >= 4 is 5.69 Å². The highest BCUT2D eigenvalue weighted by Gasteiger charge is 2.36. The van der Waals surface area contributed by atoms with Crippen LogP contribution in [0, 0.1) is 13.8 Å². The molecule has 2 aromatic rings. The van der Waals surface area contributed by atoms with Crippen molar-refractivity contribution in [2.24, 2.45) is 0 Å². The van der Waals surface area contributed by atoms with Crippen LogP contribution in [0.1, 0.15) is 22.9 Å². The normalized spacial score (nSPS) is 11.8. The molecule has 0 aliphatic rings. The molecule has 0 aliphatic carbocycles. The third-order valence-corrected chi connectivity index (χ3v) is 2.63. The number of nitrogen functional groups attached to an aromatic ring is 1. The van der Waals surface area contributed by atoms with Crippen LogP contribution in [0.4, 0.5) is 18.9 Å². The minimum atomic E-state index is -4.54. The number of hydrogen-bond acceptors (Lipinski definition) is 4. The topological polar surface area (TPSA) is 69.6 Å². The molecule has 0 fully saturated rings. The number of hydrogen-bond donors (Lipinski definition) is 1. The molecule has 0 aromatic carbocycles. The van der Waals surface area contributed by atoms with Crippen molar-refractivity contribution < 1.29 is 13.2 Å². The van der Waals surface area contributed by atoms with Gasteiger partial charge in [0, 0.05) is 0 Å². The lowest BCUT2D eigenvalue weighted by Crippen LogP contribution is -2.10. The Hall–Kier alpha value is -2.12. The first-order chi connectivity index (χ1) is 8.77. The summed E-state index contributed by atoms with van der Waals surface area (Å²) in [7, 11) is 0. The molecule has 8 heteroatoms. The van der Waals surface area contributed by atoms with E-state index < -0.39 is 12.0 Å². The van der Waals surface area contributed by atoms with Gasteiger partial charge in [-0.1, -0.05) is 0 Å². The number of pyridine rings is 1. The number of rotatable bonds is 2. The van der Waals surface area contributed by atoms with E-state index in [2.05, 4.69) is 15.1 Å². The largest absolute Gasteiger partial charge is 0.453 e. The van der Waals surface area contributed by atoms with Crippen molar-refractivity contribution in [3.8, 4) is 0 Å². The Morgan fingerprint density at radius 3 is 2.53 bits per heavy atom. The summed E-state index contributed by atoms with van der Waals surface area (Å²) in [4.78, 5) is 7.44. The van der Waals surface area contributed by atoms with Gasteiger partial charge in [0.05, 0.1) is 24.1 Å². The first kappa shape index (κ1) is 13.3. The molecular formula is C11H12F3N5. The van der Waals surface area contributed by atoms with Gasteiger partial charge in [-0.15, -0.1) is 5.10 Å². The molecule has 19 heavy (non-hydrogen) atoms. The molecule has 5 nitrogen and oxygen atoms in total. The summed E-state index contributed by atoms with van der Waals surface area (Å²) in [5.41, 5.74) is 7.56. The summed E-state index contributed by atoms with van der Waals surface area (Å²) < 4.78 is 38.6. The van der Waals surface area contributed by atoms with E-state index in [9.17, 15) is 13.2 Å². The highest BCUT2D eigenvalue weighted by Crippen LogP contribution is 2.26. The Balaban J connectivity index is 2.28. The maximum atomic E-state index is 12.5. The van der Waals surface area contributed by atoms with Crippen molar-refractivity contribution in [1.29, 1.82) is 0 Å². The van der Waals surface area contributed by atoms with E-state index in [4.69, 9.17) is 5.73 Å². The van der Waals surface area contributed by atoms with Crippen LogP contribution >= 0.6 is 0 Å². The van der Waals surface area contributed by atoms with Gasteiger partial charge in [0.2, 0.25) is 0 Å². The fourth-order valence-electron chi connectivity index (χ4n) is 1.55. The predicted octanol–water partition coefficient (Wildman–Crippen LogP) is 1.94. The SMILES string of the molecule is Cc1cc(Cn2nc(C(F)(F)F)nc2C)ncc1N. The molecule has 0 atom stereocenters. The smallest absolute Gasteiger partial charge is 0.397 e. The second-order valence-corrected chi connectivity index (χ2v) is 4.17. The van der Waals surface area contributed by atoms with Gasteiger partial charge >= 0.3 is 6.18 Å². The maximum Gasteiger partial charge on any atom is 0.453 e. The van der Waals surface area contributed by atoms with Gasteiger partial charge in [0.15, 0.2) is 0 Å². The summed E-state index contributed by atoms with van der Waals surface area (Å²) in [6.07, 6.45) is -3.07. The summed E-state index contributed by atoms with van der Waals surface area (Å²) in [5, 5.41) is 3.44. The van der Waals surface area contributed by atoms with Crippen LogP contribution in [0.25, 0.3) is 0 Å². The lowest BCUT2D eigenvalue weighted by atomic mass is 10.2. The van der Waals surface area contributed by atoms with Crippen LogP contribution in [-0.4, -0.2) is 19.7 Å². The molecular weight excluding hydrogens is 259 g/mol. The van der Waals surface area contributed by atoms with Crippen LogP contribution < -0.4 is 5.73 Å². The Morgan fingerprint density at radius 2 is 2.00 bits per heavy atom. The molecule has 0 amide bonds. The average molecular weight is 271 g/mol. The van der Waals surface area contributed by atoms with Crippen LogP contribution in [-0.2, 0) is 12.7 Å². The minimum Gasteiger partial charge on any atom is -0.397 e. The van der Waals surface area contributed by atoms with Gasteiger partial charge in [-0.3, -0.25) is 4.98 Å². The van der Waals surface area contributed by atoms with Crippen LogP contribution in [0.3, 0.4) is 0 Å². The summed E-state index contributed by atoms with van der Waals surface area (Å²) in [5.74, 6) is -0.958. The third-order valence-electron chi connectivity index (χ3n) is 2.63. The van der Waals surface area contributed by atoms with Crippen LogP contribution in [0.15, 0.2) is 12.3 Å². The monoisotopic (exact) mass is 271 g/mol. The van der Waals surface area contributed by atoms with E-state index in [-0.39, 0.29) is 12.4 Å². The van der Waals surface area contributed by atoms with E-state index in [0.29, 0.717) is 11.4 Å². The van der Waals surface area contributed by atoms with E-state index in [1.807, 2.05) is 0 Å². The molecule has 0 bridgehead atoms. The van der Waals surface area contributed by atoms with Crippen molar-refractivity contribution in [1.82, 2.24) is 19.7 Å². The van der Waals surface area contributed by atoms with E-state index in [1.54, 1.807) is 13.0 Å². The molecule has 2 heterocycles. The van der Waals surface area contributed by atoms with Gasteiger partial charge in [-0.2, -0.15) is 13.2 Å². The maximum absolute atomic E-state index is 12.5. The second kappa shape index (κ2) is 4.52. The van der Waals surface area contributed by atoms with Crippen molar-refractivity contribution in [2.75, 3.05) is 5.73 Å². The molecule has 102 valence electrons. The highest BCUT2D eigenvalue weighted by molar-refractivity contribution is 5.44. The van der Waals surface area contributed by atoms with Gasteiger partial charge < -0.3 is 5.73 Å². The first-order valence-corrected chi connectivity index (χ1v) is 5.47. The molecule has 2 N–H and O–H groups in total. The number of nitrogens with two attached hydrogens (primary N) is 1. The van der Waals surface area contributed by atoms with Gasteiger partial charge in [0.1, 0.15) is 5.82 Å². The molecule has 0 saturated carbocycles. The number of aromatic nitrogens is 4. The number of halogens is 3. The summed E-state index contributed by atoms with van der Waals surface area (Å²) in [6, 6.07) is 1.71. The zero-order valence-electron chi connectivity index (χ0n) is 10.4. The molecule has 0 spiro atoms. The summed E-state index contributed by atoms with van der Waals surface area (Å²) >= 11 is 0. The fraction of sp³-hybridized carbons (Fsp3) is 0.364. The van der Waals surface area contributed by atoms with Gasteiger partial charge in [-0.05, 0) is 25.5 Å². The number of anilines is 1. The molecule has 2 aromatic heterocycles. The Labute approximate surface area is 107 Å². The molecule has 0 aliphatic heterocycles. The van der Waals surface area contributed by atoms with Crippen molar-refractivity contribution in [3.63, 3.8) is 0 Å². The van der Waals surface area contributed by atoms with Crippen molar-refractivity contribution in [2.45, 2.75) is 26.6 Å². The van der Waals surface area contributed by atoms with Crippen LogP contribution in [0.5, 0.6) is 0 Å². The predicted molar refractivity (Wildman–Crippen MR) is 62.2 cm³/mol. The van der Waals surface area contributed by atoms with Gasteiger partial charge in [0.25, 0.3) is 5.82 Å². The zero-order chi connectivity index (χ0) is 14.2. The fourth-order valence-corrected chi connectivity index (χ4v) is 1.55. The Bertz CT molecular complexity index is 603. The molecule has 2 rings (SSSR count). The lowest BCUT2D eigenvalue weighted by molar-refractivity contribution is -0.145. The highest BCUT2D eigenvalue weighted by atomic mass is 19.4. The Kier molecular flexibility index (Phi) is 3.17. The van der Waals surface area contributed by atoms with E-state index in [1.165, 1.54) is 17.8 Å².